The Labute approximate surface area is 142 Å². The van der Waals surface area contributed by atoms with Crippen molar-refractivity contribution in [1.29, 1.82) is 0 Å². The summed E-state index contributed by atoms with van der Waals surface area (Å²) in [4.78, 5) is 0. The van der Waals surface area contributed by atoms with Crippen molar-refractivity contribution in [2.24, 2.45) is 0 Å². The lowest BCUT2D eigenvalue weighted by molar-refractivity contribution is -0.677. The Morgan fingerprint density at radius 3 is 2.21 bits per heavy atom. The van der Waals surface area contributed by atoms with E-state index < -0.39 is 6.10 Å². The normalized spacial score (nSPS) is 12.0. The zero-order valence-electron chi connectivity index (χ0n) is 13.5. The first-order valence-corrected chi connectivity index (χ1v) is 8.15. The Balaban J connectivity index is 1.54. The van der Waals surface area contributed by atoms with Gasteiger partial charge in [-0.1, -0.05) is 66.7 Å². The van der Waals surface area contributed by atoms with Crippen LogP contribution in [0.5, 0.6) is 5.75 Å². The van der Waals surface area contributed by atoms with Gasteiger partial charge >= 0.3 is 0 Å². The van der Waals surface area contributed by atoms with Gasteiger partial charge in [0.25, 0.3) is 0 Å². The maximum atomic E-state index is 10.2. The molecule has 0 aromatic heterocycles. The predicted molar refractivity (Wildman–Crippen MR) is 95.4 cm³/mol. The lowest BCUT2D eigenvalue weighted by Gasteiger charge is -2.10. The van der Waals surface area contributed by atoms with E-state index in [1.54, 1.807) is 18.2 Å². The summed E-state index contributed by atoms with van der Waals surface area (Å²) in [7, 11) is 0. The van der Waals surface area contributed by atoms with Crippen molar-refractivity contribution in [3.05, 3.63) is 90.0 Å². The number of phenolic OH excluding ortho intramolecular Hbond substituents is 1. The molecule has 0 fully saturated rings. The molecule has 0 radical (unpaired) electrons. The highest BCUT2D eigenvalue weighted by Gasteiger charge is 2.10. The molecule has 3 aromatic carbocycles. The zero-order valence-corrected chi connectivity index (χ0v) is 13.5. The summed E-state index contributed by atoms with van der Waals surface area (Å²) >= 11 is 0. The summed E-state index contributed by atoms with van der Waals surface area (Å²) in [6.07, 6.45) is -0.583. The molecule has 1 atom stereocenters. The fourth-order valence-electron chi connectivity index (χ4n) is 2.74. The molecule has 0 aliphatic heterocycles. The van der Waals surface area contributed by atoms with Gasteiger partial charge in [0.1, 0.15) is 24.9 Å². The molecule has 0 saturated heterocycles. The lowest BCUT2D eigenvalue weighted by Crippen LogP contribution is -2.83. The van der Waals surface area contributed by atoms with Crippen molar-refractivity contribution in [3.63, 3.8) is 0 Å². The highest BCUT2D eigenvalue weighted by atomic mass is 16.3. The average molecular weight is 320 g/mol. The van der Waals surface area contributed by atoms with E-state index in [9.17, 15) is 10.2 Å². The molecule has 0 bridgehead atoms. The van der Waals surface area contributed by atoms with Crippen LogP contribution in [0, 0.1) is 0 Å². The molecular weight excluding hydrogens is 298 g/mol. The molecular formula is C21H22NO2+. The molecule has 0 saturated carbocycles. The second kappa shape index (κ2) is 7.77. The number of nitrogens with two attached hydrogens (primary N) is 1. The summed E-state index contributed by atoms with van der Waals surface area (Å²) in [5, 5.41) is 21.7. The molecule has 0 unspecified atom stereocenters. The maximum absolute atomic E-state index is 10.2. The standard InChI is InChI=1S/C21H21NO2/c23-20-8-4-7-19(13-20)21(24)15-22-14-16-9-11-18(12-10-16)17-5-2-1-3-6-17/h1-13,21-24H,14-15H2/p+1/t21-/m1/s1. The van der Waals surface area contributed by atoms with Gasteiger partial charge in [-0.2, -0.15) is 0 Å². The van der Waals surface area contributed by atoms with Gasteiger partial charge in [-0.15, -0.1) is 0 Å². The Morgan fingerprint density at radius 1 is 0.792 bits per heavy atom. The molecule has 3 nitrogen and oxygen atoms in total. The fraction of sp³-hybridized carbons (Fsp3) is 0.143. The van der Waals surface area contributed by atoms with Gasteiger partial charge in [0, 0.05) is 5.56 Å². The zero-order chi connectivity index (χ0) is 16.8. The largest absolute Gasteiger partial charge is 0.508 e. The highest BCUT2D eigenvalue weighted by Crippen LogP contribution is 2.19. The van der Waals surface area contributed by atoms with Gasteiger partial charge in [-0.05, 0) is 28.8 Å². The number of aliphatic hydroxyl groups excluding tert-OH is 1. The Morgan fingerprint density at radius 2 is 1.50 bits per heavy atom. The van der Waals surface area contributed by atoms with Crippen LogP contribution in [-0.4, -0.2) is 16.8 Å². The number of aromatic hydroxyl groups is 1. The summed E-state index contributed by atoms with van der Waals surface area (Å²) < 4.78 is 0. The molecule has 3 heteroatoms. The number of benzene rings is 3. The number of quaternary nitrogens is 1. The number of rotatable bonds is 6. The van der Waals surface area contributed by atoms with E-state index in [2.05, 4.69) is 41.7 Å². The van der Waals surface area contributed by atoms with Gasteiger partial charge in [0.15, 0.2) is 0 Å². The number of hydrogen-bond acceptors (Lipinski definition) is 2. The second-order valence-corrected chi connectivity index (χ2v) is 5.90. The third-order valence-corrected chi connectivity index (χ3v) is 4.09. The molecule has 0 aliphatic rings. The van der Waals surface area contributed by atoms with Crippen molar-refractivity contribution < 1.29 is 15.5 Å². The molecule has 0 spiro atoms. The summed E-state index contributed by atoms with van der Waals surface area (Å²) in [5.74, 6) is 0.183. The van der Waals surface area contributed by atoms with Crippen LogP contribution in [0.15, 0.2) is 78.9 Å². The molecule has 0 aliphatic carbocycles. The van der Waals surface area contributed by atoms with Crippen molar-refractivity contribution in [3.8, 4) is 16.9 Å². The Hall–Kier alpha value is -2.62. The SMILES string of the molecule is Oc1cccc([C@H](O)C[NH2+]Cc2ccc(-c3ccccc3)cc2)c1. The first-order valence-electron chi connectivity index (χ1n) is 8.15. The van der Waals surface area contributed by atoms with E-state index in [0.29, 0.717) is 6.54 Å². The van der Waals surface area contributed by atoms with Crippen molar-refractivity contribution in [2.75, 3.05) is 6.54 Å². The topological polar surface area (TPSA) is 57.1 Å². The molecule has 24 heavy (non-hydrogen) atoms. The third kappa shape index (κ3) is 4.22. The van der Waals surface area contributed by atoms with Crippen LogP contribution in [0.25, 0.3) is 11.1 Å². The minimum Gasteiger partial charge on any atom is -0.508 e. The van der Waals surface area contributed by atoms with E-state index in [1.165, 1.54) is 16.7 Å². The van der Waals surface area contributed by atoms with Crippen LogP contribution in [0.1, 0.15) is 17.2 Å². The minimum atomic E-state index is -0.583. The highest BCUT2D eigenvalue weighted by molar-refractivity contribution is 5.63. The molecule has 3 aromatic rings. The van der Waals surface area contributed by atoms with Crippen LogP contribution in [0.4, 0.5) is 0 Å². The summed E-state index contributed by atoms with van der Waals surface area (Å²) in [6, 6.07) is 25.6. The first-order chi connectivity index (χ1) is 11.7. The van der Waals surface area contributed by atoms with Crippen molar-refractivity contribution in [2.45, 2.75) is 12.6 Å². The van der Waals surface area contributed by atoms with Gasteiger partial charge in [-0.3, -0.25) is 0 Å². The van der Waals surface area contributed by atoms with Gasteiger partial charge in [-0.25, -0.2) is 0 Å². The van der Waals surface area contributed by atoms with Gasteiger partial charge in [0.2, 0.25) is 0 Å². The van der Waals surface area contributed by atoms with Gasteiger partial charge < -0.3 is 15.5 Å². The minimum absolute atomic E-state index is 0.183. The average Bonchev–Trinajstić information content (AvgIpc) is 2.63. The molecule has 3 rings (SSSR count). The van der Waals surface area contributed by atoms with Crippen LogP contribution >= 0.6 is 0 Å². The smallest absolute Gasteiger partial charge is 0.128 e. The van der Waals surface area contributed by atoms with Crippen molar-refractivity contribution >= 4 is 0 Å². The van der Waals surface area contributed by atoms with Crippen LogP contribution in [0.2, 0.25) is 0 Å². The second-order valence-electron chi connectivity index (χ2n) is 5.90. The fourth-order valence-corrected chi connectivity index (χ4v) is 2.74. The summed E-state index contributed by atoms with van der Waals surface area (Å²) in [6.45, 7) is 1.37. The van der Waals surface area contributed by atoms with Crippen LogP contribution in [0.3, 0.4) is 0 Å². The number of aliphatic hydroxyl groups is 1. The van der Waals surface area contributed by atoms with E-state index >= 15 is 0 Å². The van der Waals surface area contributed by atoms with E-state index in [0.717, 1.165) is 12.1 Å². The molecule has 0 heterocycles. The van der Waals surface area contributed by atoms with Gasteiger partial charge in [0.05, 0.1) is 0 Å². The number of phenols is 1. The van der Waals surface area contributed by atoms with Crippen molar-refractivity contribution in [1.82, 2.24) is 0 Å². The molecule has 0 amide bonds. The summed E-state index contributed by atoms with van der Waals surface area (Å²) in [5.41, 5.74) is 4.38. The first kappa shape index (κ1) is 16.2. The lowest BCUT2D eigenvalue weighted by atomic mass is 10.0. The third-order valence-electron chi connectivity index (χ3n) is 4.09. The number of hydrogen-bond donors (Lipinski definition) is 3. The van der Waals surface area contributed by atoms with Crippen LogP contribution in [-0.2, 0) is 6.54 Å². The van der Waals surface area contributed by atoms with Crippen LogP contribution < -0.4 is 5.32 Å². The predicted octanol–water partition coefficient (Wildman–Crippen LogP) is 2.86. The van der Waals surface area contributed by atoms with E-state index in [-0.39, 0.29) is 5.75 Å². The maximum Gasteiger partial charge on any atom is 0.128 e. The quantitative estimate of drug-likeness (QED) is 0.654. The Bertz CT molecular complexity index is 769. The molecule has 122 valence electrons. The monoisotopic (exact) mass is 320 g/mol. The Kier molecular flexibility index (Phi) is 5.26. The van der Waals surface area contributed by atoms with E-state index in [1.807, 2.05) is 24.3 Å². The molecule has 4 N–H and O–H groups in total. The van der Waals surface area contributed by atoms with E-state index in [4.69, 9.17) is 0 Å².